The Bertz CT molecular complexity index is 481. The van der Waals surface area contributed by atoms with E-state index in [0.717, 1.165) is 29.7 Å². The molecule has 2 rings (SSSR count). The minimum Gasteiger partial charge on any atom is -0.312 e. The molecule has 1 aromatic carbocycles. The van der Waals surface area contributed by atoms with E-state index in [-0.39, 0.29) is 10.6 Å². The van der Waals surface area contributed by atoms with Crippen LogP contribution in [-0.2, 0) is 6.54 Å². The molecule has 0 spiro atoms. The molecule has 110 valence electrons. The third-order valence-corrected chi connectivity index (χ3v) is 4.55. The quantitative estimate of drug-likeness (QED) is 0.638. The van der Waals surface area contributed by atoms with Crippen LogP contribution >= 0.6 is 15.9 Å². The van der Waals surface area contributed by atoms with Crippen molar-refractivity contribution in [2.75, 3.05) is 26.2 Å². The molecule has 20 heavy (non-hydrogen) atoms. The second-order valence-electron chi connectivity index (χ2n) is 5.21. The van der Waals surface area contributed by atoms with Crippen molar-refractivity contribution in [3.05, 3.63) is 38.3 Å². The van der Waals surface area contributed by atoms with Crippen molar-refractivity contribution in [1.82, 2.24) is 10.2 Å². The number of hydrogen-bond donors (Lipinski definition) is 1. The van der Waals surface area contributed by atoms with Crippen LogP contribution in [0.25, 0.3) is 0 Å². The molecule has 1 fully saturated rings. The maximum atomic E-state index is 10.7. The molecule has 1 saturated heterocycles. The first-order valence-corrected chi connectivity index (χ1v) is 7.75. The fraction of sp³-hybridized carbons (Fsp3) is 0.571. The maximum absolute atomic E-state index is 10.7. The van der Waals surface area contributed by atoms with Gasteiger partial charge in [0, 0.05) is 29.7 Å². The molecule has 1 aliphatic rings. The molecule has 0 aliphatic carbocycles. The molecule has 5 nitrogen and oxygen atoms in total. The maximum Gasteiger partial charge on any atom is 0.270 e. The molecule has 0 amide bonds. The molecule has 0 radical (unpaired) electrons. The molecule has 1 heterocycles. The summed E-state index contributed by atoms with van der Waals surface area (Å²) in [5.74, 6) is 0.715. The fourth-order valence-corrected chi connectivity index (χ4v) is 3.08. The molecular formula is C14H20BrN3O2. The van der Waals surface area contributed by atoms with Gasteiger partial charge in [-0.15, -0.1) is 0 Å². The molecule has 1 N–H and O–H groups in total. The topological polar surface area (TPSA) is 58.4 Å². The Morgan fingerprint density at radius 2 is 2.35 bits per heavy atom. The van der Waals surface area contributed by atoms with Gasteiger partial charge in [-0.3, -0.25) is 10.1 Å². The summed E-state index contributed by atoms with van der Waals surface area (Å²) in [6, 6.07) is 4.92. The lowest BCUT2D eigenvalue weighted by molar-refractivity contribution is -0.384. The summed E-state index contributed by atoms with van der Waals surface area (Å²) in [6.07, 6.45) is 1.25. The number of nitro benzene ring substituents is 1. The summed E-state index contributed by atoms with van der Waals surface area (Å²) in [4.78, 5) is 12.8. The third kappa shape index (κ3) is 4.01. The van der Waals surface area contributed by atoms with Crippen LogP contribution in [0.3, 0.4) is 0 Å². The number of rotatable bonds is 6. The minimum absolute atomic E-state index is 0.120. The highest BCUT2D eigenvalue weighted by Crippen LogP contribution is 2.23. The summed E-state index contributed by atoms with van der Waals surface area (Å²) in [6.45, 7) is 7.43. The lowest BCUT2D eigenvalue weighted by Gasteiger charge is -2.14. The van der Waals surface area contributed by atoms with Crippen molar-refractivity contribution < 1.29 is 4.92 Å². The van der Waals surface area contributed by atoms with E-state index >= 15 is 0 Å². The Morgan fingerprint density at radius 3 is 2.95 bits per heavy atom. The number of hydrogen-bond acceptors (Lipinski definition) is 4. The van der Waals surface area contributed by atoms with Crippen LogP contribution in [-0.4, -0.2) is 36.0 Å². The zero-order valence-corrected chi connectivity index (χ0v) is 13.2. The molecule has 1 aromatic rings. The highest BCUT2D eigenvalue weighted by atomic mass is 79.9. The van der Waals surface area contributed by atoms with Gasteiger partial charge in [0.2, 0.25) is 0 Å². The van der Waals surface area contributed by atoms with Crippen LogP contribution in [0.5, 0.6) is 0 Å². The van der Waals surface area contributed by atoms with Crippen LogP contribution in [0.4, 0.5) is 5.69 Å². The van der Waals surface area contributed by atoms with E-state index in [4.69, 9.17) is 0 Å². The van der Waals surface area contributed by atoms with Crippen molar-refractivity contribution in [2.45, 2.75) is 19.9 Å². The summed E-state index contributed by atoms with van der Waals surface area (Å²) in [7, 11) is 0. The monoisotopic (exact) mass is 341 g/mol. The predicted octanol–water partition coefficient (Wildman–Crippen LogP) is 2.79. The van der Waals surface area contributed by atoms with Gasteiger partial charge in [-0.1, -0.05) is 22.9 Å². The summed E-state index contributed by atoms with van der Waals surface area (Å²) in [5.41, 5.74) is 1.18. The van der Waals surface area contributed by atoms with Crippen molar-refractivity contribution in [1.29, 1.82) is 0 Å². The average molecular weight is 342 g/mol. The van der Waals surface area contributed by atoms with Gasteiger partial charge >= 0.3 is 0 Å². The van der Waals surface area contributed by atoms with Crippen molar-refractivity contribution in [3.63, 3.8) is 0 Å². The molecule has 6 heteroatoms. The number of likely N-dealkylation sites (tertiary alicyclic amines) is 1. The summed E-state index contributed by atoms with van der Waals surface area (Å²) >= 11 is 3.40. The Balaban J connectivity index is 1.81. The number of nitrogens with zero attached hydrogens (tertiary/aromatic N) is 2. The van der Waals surface area contributed by atoms with Crippen molar-refractivity contribution in [2.24, 2.45) is 5.92 Å². The first-order chi connectivity index (χ1) is 9.60. The zero-order valence-electron chi connectivity index (χ0n) is 11.6. The van der Waals surface area contributed by atoms with E-state index < -0.39 is 0 Å². The first-order valence-electron chi connectivity index (χ1n) is 6.96. The number of non-ortho nitro benzene ring substituents is 1. The van der Waals surface area contributed by atoms with Crippen LogP contribution < -0.4 is 5.32 Å². The van der Waals surface area contributed by atoms with Gasteiger partial charge in [0.25, 0.3) is 5.69 Å². The Kier molecular flexibility index (Phi) is 5.51. The average Bonchev–Trinajstić information content (AvgIpc) is 2.88. The highest BCUT2D eigenvalue weighted by Gasteiger charge is 2.20. The van der Waals surface area contributed by atoms with E-state index in [1.807, 2.05) is 6.07 Å². The standard InChI is InChI=1S/C14H20BrN3O2/c1-2-17-6-5-11(10-17)8-16-9-12-3-4-13(18(19)20)7-14(12)15/h3-4,7,11,16H,2,5-6,8-10H2,1H3. The number of nitro groups is 1. The third-order valence-electron chi connectivity index (χ3n) is 3.81. The lowest BCUT2D eigenvalue weighted by Crippen LogP contribution is -2.26. The van der Waals surface area contributed by atoms with Crippen LogP contribution in [0.2, 0.25) is 0 Å². The Labute approximate surface area is 127 Å². The number of halogens is 1. The van der Waals surface area contributed by atoms with E-state index in [0.29, 0.717) is 5.92 Å². The number of nitrogens with one attached hydrogen (secondary N) is 1. The SMILES string of the molecule is CCN1CCC(CNCc2ccc([N+](=O)[O-])cc2Br)C1. The van der Waals surface area contributed by atoms with Gasteiger partial charge in [-0.05, 0) is 43.6 Å². The second-order valence-corrected chi connectivity index (χ2v) is 6.07. The second kappa shape index (κ2) is 7.15. The van der Waals surface area contributed by atoms with Crippen LogP contribution in [0.15, 0.2) is 22.7 Å². The predicted molar refractivity (Wildman–Crippen MR) is 82.7 cm³/mol. The van der Waals surface area contributed by atoms with Gasteiger partial charge in [-0.2, -0.15) is 0 Å². The highest BCUT2D eigenvalue weighted by molar-refractivity contribution is 9.10. The van der Waals surface area contributed by atoms with Crippen LogP contribution in [0, 0.1) is 16.0 Å². The number of benzene rings is 1. The molecular weight excluding hydrogens is 322 g/mol. The van der Waals surface area contributed by atoms with Crippen molar-refractivity contribution >= 4 is 21.6 Å². The molecule has 0 saturated carbocycles. The normalized spacial score (nSPS) is 19.4. The Hall–Kier alpha value is -0.980. The zero-order chi connectivity index (χ0) is 14.5. The fourth-order valence-electron chi connectivity index (χ4n) is 2.57. The lowest BCUT2D eigenvalue weighted by atomic mass is 10.1. The van der Waals surface area contributed by atoms with Gasteiger partial charge in [0.15, 0.2) is 0 Å². The minimum atomic E-state index is -0.375. The smallest absolute Gasteiger partial charge is 0.270 e. The van der Waals surface area contributed by atoms with E-state index in [1.54, 1.807) is 12.1 Å². The summed E-state index contributed by atoms with van der Waals surface area (Å²) in [5, 5.41) is 14.1. The largest absolute Gasteiger partial charge is 0.312 e. The molecule has 0 bridgehead atoms. The van der Waals surface area contributed by atoms with Crippen molar-refractivity contribution in [3.8, 4) is 0 Å². The van der Waals surface area contributed by atoms with Gasteiger partial charge in [0.1, 0.15) is 0 Å². The Morgan fingerprint density at radius 1 is 1.55 bits per heavy atom. The van der Waals surface area contributed by atoms with Crippen LogP contribution in [0.1, 0.15) is 18.9 Å². The van der Waals surface area contributed by atoms with E-state index in [1.165, 1.54) is 19.5 Å². The van der Waals surface area contributed by atoms with E-state index in [2.05, 4.69) is 33.1 Å². The molecule has 1 aliphatic heterocycles. The van der Waals surface area contributed by atoms with Gasteiger partial charge in [-0.25, -0.2) is 0 Å². The first kappa shape index (κ1) is 15.4. The van der Waals surface area contributed by atoms with Gasteiger partial charge in [0.05, 0.1) is 4.92 Å². The molecule has 1 atom stereocenters. The molecule has 0 aromatic heterocycles. The molecule has 1 unspecified atom stereocenters. The van der Waals surface area contributed by atoms with E-state index in [9.17, 15) is 10.1 Å². The van der Waals surface area contributed by atoms with Gasteiger partial charge < -0.3 is 10.2 Å². The summed E-state index contributed by atoms with van der Waals surface area (Å²) < 4.78 is 0.792.